The smallest absolute Gasteiger partial charge is 0.341 e. The largest absolute Gasteiger partial charge is 0.477 e. The van der Waals surface area contributed by atoms with Crippen molar-refractivity contribution in [2.75, 3.05) is 0 Å². The lowest BCUT2D eigenvalue weighted by Gasteiger charge is -2.09. The van der Waals surface area contributed by atoms with E-state index in [0.29, 0.717) is 11.3 Å². The number of carboxylic acids is 1. The minimum absolute atomic E-state index is 0.205. The molecule has 0 saturated carbocycles. The number of carbonyl (C=O) groups is 1. The first kappa shape index (κ1) is 14.0. The number of halogens is 1. The molecule has 0 aliphatic rings. The summed E-state index contributed by atoms with van der Waals surface area (Å²) in [6, 6.07) is 1.88. The van der Waals surface area contributed by atoms with Gasteiger partial charge in [0.25, 0.3) is 5.56 Å². The maximum Gasteiger partial charge on any atom is 0.341 e. The van der Waals surface area contributed by atoms with Crippen molar-refractivity contribution in [3.63, 3.8) is 0 Å². The first-order valence-electron chi connectivity index (χ1n) is 5.44. The fourth-order valence-corrected chi connectivity index (χ4v) is 3.15. The highest BCUT2D eigenvalue weighted by Crippen LogP contribution is 2.20. The predicted octanol–water partition coefficient (Wildman–Crippen LogP) is 2.43. The number of carboxylic acid groups (broad SMARTS) is 1. The second kappa shape index (κ2) is 5.26. The van der Waals surface area contributed by atoms with Crippen LogP contribution in [0, 0.1) is 13.8 Å². The van der Waals surface area contributed by atoms with E-state index in [9.17, 15) is 9.59 Å². The van der Waals surface area contributed by atoms with Crippen molar-refractivity contribution < 1.29 is 9.90 Å². The second-order valence-electron chi connectivity index (χ2n) is 4.08. The van der Waals surface area contributed by atoms with Gasteiger partial charge in [0.05, 0.1) is 12.2 Å². The van der Waals surface area contributed by atoms with E-state index >= 15 is 0 Å². The van der Waals surface area contributed by atoms with Crippen molar-refractivity contribution in [2.45, 2.75) is 20.4 Å². The third-order valence-corrected chi connectivity index (χ3v) is 4.46. The summed E-state index contributed by atoms with van der Waals surface area (Å²) in [6.45, 7) is 3.57. The zero-order valence-electron chi connectivity index (χ0n) is 10.3. The average Bonchev–Trinajstić information content (AvgIpc) is 2.71. The van der Waals surface area contributed by atoms with Crippen LogP contribution in [0.2, 0.25) is 0 Å². The van der Waals surface area contributed by atoms with E-state index in [2.05, 4.69) is 21.0 Å². The molecule has 0 saturated heterocycles. The molecule has 5 nitrogen and oxygen atoms in total. The summed E-state index contributed by atoms with van der Waals surface area (Å²) < 4.78 is 2.13. The monoisotopic (exact) mass is 342 g/mol. The van der Waals surface area contributed by atoms with Gasteiger partial charge in [-0.05, 0) is 41.4 Å². The fraction of sp³-hybridized carbons (Fsp3) is 0.250. The minimum atomic E-state index is -1.21. The molecule has 0 bridgehead atoms. The van der Waals surface area contributed by atoms with Gasteiger partial charge in [-0.3, -0.25) is 4.79 Å². The maximum absolute atomic E-state index is 12.1. The van der Waals surface area contributed by atoms with Gasteiger partial charge in [-0.2, -0.15) is 5.10 Å². The van der Waals surface area contributed by atoms with Gasteiger partial charge in [0, 0.05) is 14.7 Å². The molecule has 0 aliphatic heterocycles. The van der Waals surface area contributed by atoms with E-state index in [1.165, 1.54) is 16.0 Å². The summed E-state index contributed by atoms with van der Waals surface area (Å²) >= 11 is 4.82. The third kappa shape index (κ3) is 2.76. The molecule has 0 aliphatic carbocycles. The Hall–Kier alpha value is -1.47. The number of rotatable bonds is 3. The predicted molar refractivity (Wildman–Crippen MR) is 76.1 cm³/mol. The Morgan fingerprint density at radius 2 is 2.21 bits per heavy atom. The highest BCUT2D eigenvalue weighted by Gasteiger charge is 2.18. The van der Waals surface area contributed by atoms with Crippen LogP contribution < -0.4 is 5.56 Å². The molecule has 0 radical (unpaired) electrons. The van der Waals surface area contributed by atoms with E-state index in [1.807, 2.05) is 11.4 Å². The van der Waals surface area contributed by atoms with Crippen LogP contribution in [0.1, 0.15) is 26.5 Å². The Kier molecular flexibility index (Phi) is 3.86. The summed E-state index contributed by atoms with van der Waals surface area (Å²) in [6.07, 6.45) is 0. The lowest BCUT2D eigenvalue weighted by Crippen LogP contribution is -2.31. The first-order valence-corrected chi connectivity index (χ1v) is 7.12. The molecule has 0 amide bonds. The van der Waals surface area contributed by atoms with Crippen molar-refractivity contribution in [2.24, 2.45) is 0 Å². The molecule has 2 aromatic heterocycles. The lowest BCUT2D eigenvalue weighted by molar-refractivity contribution is 0.0692. The maximum atomic E-state index is 12.1. The van der Waals surface area contributed by atoms with Crippen LogP contribution in [0.4, 0.5) is 0 Å². The van der Waals surface area contributed by atoms with Crippen molar-refractivity contribution in [1.82, 2.24) is 9.78 Å². The second-order valence-corrected chi connectivity index (χ2v) is 6.00. The number of nitrogens with zero attached hydrogens (tertiary/aromatic N) is 2. The zero-order valence-corrected chi connectivity index (χ0v) is 12.7. The van der Waals surface area contributed by atoms with E-state index in [0.717, 1.165) is 9.35 Å². The average molecular weight is 343 g/mol. The van der Waals surface area contributed by atoms with Crippen LogP contribution >= 0.6 is 27.3 Å². The van der Waals surface area contributed by atoms with Crippen LogP contribution in [-0.4, -0.2) is 20.9 Å². The number of hydrogen-bond acceptors (Lipinski definition) is 4. The highest BCUT2D eigenvalue weighted by atomic mass is 79.9. The van der Waals surface area contributed by atoms with E-state index < -0.39 is 11.5 Å². The van der Waals surface area contributed by atoms with Crippen molar-refractivity contribution in [1.29, 1.82) is 0 Å². The standard InChI is InChI=1S/C12H11BrN2O3S/c1-6-7(2)14-15(11(16)10(6)12(17)18)4-9-3-8(13)5-19-9/h3,5H,4H2,1-2H3,(H,17,18). The van der Waals surface area contributed by atoms with Gasteiger partial charge in [0.2, 0.25) is 0 Å². The molecule has 0 spiro atoms. The summed E-state index contributed by atoms with van der Waals surface area (Å²) in [7, 11) is 0. The van der Waals surface area contributed by atoms with Gasteiger partial charge < -0.3 is 5.11 Å². The van der Waals surface area contributed by atoms with E-state index in [4.69, 9.17) is 5.11 Å². The lowest BCUT2D eigenvalue weighted by atomic mass is 10.1. The van der Waals surface area contributed by atoms with Crippen molar-refractivity contribution >= 4 is 33.2 Å². The molecule has 0 unspecified atom stereocenters. The molecular formula is C12H11BrN2O3S. The summed E-state index contributed by atoms with van der Waals surface area (Å²) in [5, 5.41) is 15.2. The highest BCUT2D eigenvalue weighted by molar-refractivity contribution is 9.10. The van der Waals surface area contributed by atoms with Gasteiger partial charge >= 0.3 is 5.97 Å². The quantitative estimate of drug-likeness (QED) is 0.929. The van der Waals surface area contributed by atoms with Gasteiger partial charge in [0.15, 0.2) is 0 Å². The number of hydrogen-bond donors (Lipinski definition) is 1. The fourth-order valence-electron chi connectivity index (χ4n) is 1.72. The number of aromatic carboxylic acids is 1. The Labute approximate surface area is 121 Å². The summed E-state index contributed by atoms with van der Waals surface area (Å²) in [4.78, 5) is 24.2. The van der Waals surface area contributed by atoms with Crippen molar-refractivity contribution in [3.8, 4) is 0 Å². The number of aryl methyl sites for hydroxylation is 1. The first-order chi connectivity index (χ1) is 8.90. The van der Waals surface area contributed by atoms with Gasteiger partial charge in [-0.25, -0.2) is 9.48 Å². The molecule has 19 heavy (non-hydrogen) atoms. The number of thiophene rings is 1. The molecule has 7 heteroatoms. The molecule has 0 aromatic carbocycles. The molecule has 1 N–H and O–H groups in total. The molecule has 100 valence electrons. The number of aromatic nitrogens is 2. The van der Waals surface area contributed by atoms with Gasteiger partial charge in [-0.15, -0.1) is 11.3 Å². The Morgan fingerprint density at radius 3 is 2.74 bits per heavy atom. The molecule has 0 fully saturated rings. The SMILES string of the molecule is Cc1nn(Cc2cc(Br)cs2)c(=O)c(C(=O)O)c1C. The topological polar surface area (TPSA) is 72.2 Å². The molecule has 0 atom stereocenters. The van der Waals surface area contributed by atoms with Gasteiger partial charge in [0.1, 0.15) is 5.56 Å². The van der Waals surface area contributed by atoms with E-state index in [1.54, 1.807) is 13.8 Å². The minimum Gasteiger partial charge on any atom is -0.477 e. The van der Waals surface area contributed by atoms with Crippen LogP contribution in [0.25, 0.3) is 0 Å². The molecule has 2 aromatic rings. The van der Waals surface area contributed by atoms with Gasteiger partial charge in [-0.1, -0.05) is 0 Å². The van der Waals surface area contributed by atoms with E-state index in [-0.39, 0.29) is 12.1 Å². The van der Waals surface area contributed by atoms with Crippen LogP contribution in [0.15, 0.2) is 20.7 Å². The normalized spacial score (nSPS) is 10.7. The molecular weight excluding hydrogens is 332 g/mol. The zero-order chi connectivity index (χ0) is 14.2. The van der Waals surface area contributed by atoms with Crippen LogP contribution in [0.3, 0.4) is 0 Å². The Balaban J connectivity index is 2.53. The van der Waals surface area contributed by atoms with Crippen LogP contribution in [-0.2, 0) is 6.54 Å². The summed E-state index contributed by atoms with van der Waals surface area (Å²) in [5.74, 6) is -1.21. The van der Waals surface area contributed by atoms with Crippen molar-refractivity contribution in [3.05, 3.63) is 48.0 Å². The summed E-state index contributed by atoms with van der Waals surface area (Å²) in [5.41, 5.74) is 0.192. The molecule has 2 rings (SSSR count). The van der Waals surface area contributed by atoms with Crippen LogP contribution in [0.5, 0.6) is 0 Å². The Morgan fingerprint density at radius 1 is 1.53 bits per heavy atom. The molecule has 2 heterocycles. The Bertz CT molecular complexity index is 705. The third-order valence-electron chi connectivity index (χ3n) is 2.78.